The molecule has 0 N–H and O–H groups in total. The monoisotopic (exact) mass is 215 g/mol. The standard InChI is InChI=1S/C14H17NO/c1-10-4-3-7-15-13-6-5-12(16-2)8-11(13)9-14(10)15/h5-6,8-10H,3-4,7H2,1-2H3. The predicted octanol–water partition coefficient (Wildman–Crippen LogP) is 3.55. The lowest BCUT2D eigenvalue weighted by atomic mass is 9.98. The van der Waals surface area contributed by atoms with Crippen molar-refractivity contribution < 1.29 is 4.74 Å². The molecule has 2 heterocycles. The maximum absolute atomic E-state index is 5.27. The molecule has 2 aromatic rings. The Hall–Kier alpha value is -1.44. The van der Waals surface area contributed by atoms with Gasteiger partial charge in [0.15, 0.2) is 0 Å². The summed E-state index contributed by atoms with van der Waals surface area (Å²) in [4.78, 5) is 0. The first kappa shape index (κ1) is 9.76. The van der Waals surface area contributed by atoms with E-state index >= 15 is 0 Å². The molecule has 0 spiro atoms. The normalized spacial score (nSPS) is 19.8. The highest BCUT2D eigenvalue weighted by Gasteiger charge is 2.18. The minimum absolute atomic E-state index is 0.687. The van der Waals surface area contributed by atoms with Crippen molar-refractivity contribution >= 4 is 10.9 Å². The summed E-state index contributed by atoms with van der Waals surface area (Å²) in [5.74, 6) is 1.63. The highest BCUT2D eigenvalue weighted by Crippen LogP contribution is 2.33. The van der Waals surface area contributed by atoms with Crippen molar-refractivity contribution in [3.05, 3.63) is 30.0 Å². The van der Waals surface area contributed by atoms with Crippen LogP contribution < -0.4 is 4.74 Å². The summed E-state index contributed by atoms with van der Waals surface area (Å²) < 4.78 is 7.73. The second-order valence-electron chi connectivity index (χ2n) is 4.69. The van der Waals surface area contributed by atoms with E-state index in [4.69, 9.17) is 4.74 Å². The molecule has 1 atom stereocenters. The molecule has 1 aliphatic heterocycles. The maximum atomic E-state index is 5.27. The van der Waals surface area contributed by atoms with Gasteiger partial charge in [0, 0.05) is 23.1 Å². The smallest absolute Gasteiger partial charge is 0.119 e. The summed E-state index contributed by atoms with van der Waals surface area (Å²) in [6.45, 7) is 3.48. The van der Waals surface area contributed by atoms with Gasteiger partial charge in [-0.05, 0) is 43.0 Å². The number of benzene rings is 1. The molecule has 2 nitrogen and oxygen atoms in total. The van der Waals surface area contributed by atoms with Crippen molar-refractivity contribution in [3.63, 3.8) is 0 Å². The molecular weight excluding hydrogens is 198 g/mol. The van der Waals surface area contributed by atoms with Gasteiger partial charge in [-0.3, -0.25) is 0 Å². The minimum Gasteiger partial charge on any atom is -0.497 e. The largest absolute Gasteiger partial charge is 0.497 e. The Labute approximate surface area is 95.8 Å². The van der Waals surface area contributed by atoms with Gasteiger partial charge in [-0.2, -0.15) is 0 Å². The summed E-state index contributed by atoms with van der Waals surface area (Å²) >= 11 is 0. The van der Waals surface area contributed by atoms with Crippen LogP contribution in [0.2, 0.25) is 0 Å². The average Bonchev–Trinajstić information content (AvgIpc) is 2.68. The van der Waals surface area contributed by atoms with Crippen molar-refractivity contribution in [2.75, 3.05) is 7.11 Å². The van der Waals surface area contributed by atoms with Crippen molar-refractivity contribution in [3.8, 4) is 5.75 Å². The molecule has 3 rings (SSSR count). The van der Waals surface area contributed by atoms with E-state index in [1.165, 1.54) is 29.4 Å². The van der Waals surface area contributed by atoms with Crippen molar-refractivity contribution in [2.24, 2.45) is 0 Å². The first-order valence-corrected chi connectivity index (χ1v) is 5.97. The molecule has 1 aliphatic rings. The van der Waals surface area contributed by atoms with Crippen LogP contribution in [0.1, 0.15) is 31.4 Å². The van der Waals surface area contributed by atoms with Gasteiger partial charge in [0.2, 0.25) is 0 Å². The molecule has 1 aromatic carbocycles. The minimum atomic E-state index is 0.687. The number of hydrogen-bond acceptors (Lipinski definition) is 1. The fourth-order valence-electron chi connectivity index (χ4n) is 2.76. The number of methoxy groups -OCH3 is 1. The molecular formula is C14H17NO. The van der Waals surface area contributed by atoms with E-state index in [1.54, 1.807) is 7.11 Å². The van der Waals surface area contributed by atoms with E-state index in [0.29, 0.717) is 5.92 Å². The topological polar surface area (TPSA) is 14.2 Å². The van der Waals surface area contributed by atoms with E-state index in [2.05, 4.69) is 35.8 Å². The molecule has 84 valence electrons. The van der Waals surface area contributed by atoms with Crippen molar-refractivity contribution in [2.45, 2.75) is 32.2 Å². The van der Waals surface area contributed by atoms with E-state index in [-0.39, 0.29) is 0 Å². The van der Waals surface area contributed by atoms with Gasteiger partial charge in [-0.25, -0.2) is 0 Å². The van der Waals surface area contributed by atoms with Crippen LogP contribution in [0, 0.1) is 0 Å². The lowest BCUT2D eigenvalue weighted by molar-refractivity contribution is 0.415. The Kier molecular flexibility index (Phi) is 2.16. The van der Waals surface area contributed by atoms with Crippen LogP contribution in [0.3, 0.4) is 0 Å². The Morgan fingerprint density at radius 3 is 3.00 bits per heavy atom. The number of rotatable bonds is 1. The highest BCUT2D eigenvalue weighted by molar-refractivity contribution is 5.83. The van der Waals surface area contributed by atoms with Crippen molar-refractivity contribution in [1.29, 1.82) is 0 Å². The summed E-state index contributed by atoms with van der Waals surface area (Å²) in [6, 6.07) is 8.68. The molecule has 0 saturated carbocycles. The molecule has 1 aromatic heterocycles. The van der Waals surface area contributed by atoms with E-state index in [0.717, 1.165) is 12.3 Å². The van der Waals surface area contributed by atoms with Crippen molar-refractivity contribution in [1.82, 2.24) is 4.57 Å². The number of hydrogen-bond donors (Lipinski definition) is 0. The van der Waals surface area contributed by atoms with E-state index in [9.17, 15) is 0 Å². The third-order valence-corrected chi connectivity index (χ3v) is 3.66. The Morgan fingerprint density at radius 2 is 2.19 bits per heavy atom. The summed E-state index contributed by atoms with van der Waals surface area (Å²) in [6.07, 6.45) is 2.61. The SMILES string of the molecule is COc1ccc2c(c1)cc1n2CCCC1C. The van der Waals surface area contributed by atoms with Crippen LogP contribution in [0.15, 0.2) is 24.3 Å². The summed E-state index contributed by atoms with van der Waals surface area (Å²) in [5.41, 5.74) is 2.83. The number of aryl methyl sites for hydroxylation is 1. The zero-order chi connectivity index (χ0) is 11.1. The number of nitrogens with zero attached hydrogens (tertiary/aromatic N) is 1. The van der Waals surface area contributed by atoms with Crippen LogP contribution in [-0.2, 0) is 6.54 Å². The third-order valence-electron chi connectivity index (χ3n) is 3.66. The molecule has 2 heteroatoms. The molecule has 0 amide bonds. The first-order chi connectivity index (χ1) is 7.79. The molecule has 1 unspecified atom stereocenters. The maximum Gasteiger partial charge on any atom is 0.119 e. The number of fused-ring (bicyclic) bond motifs is 3. The van der Waals surface area contributed by atoms with Gasteiger partial charge in [-0.15, -0.1) is 0 Å². The molecule has 0 bridgehead atoms. The fraction of sp³-hybridized carbons (Fsp3) is 0.429. The predicted molar refractivity (Wildman–Crippen MR) is 66.1 cm³/mol. The fourth-order valence-corrected chi connectivity index (χ4v) is 2.76. The molecule has 0 radical (unpaired) electrons. The van der Waals surface area contributed by atoms with E-state index in [1.807, 2.05) is 0 Å². The molecule has 0 fully saturated rings. The second kappa shape index (κ2) is 3.55. The lowest BCUT2D eigenvalue weighted by Crippen LogP contribution is -2.12. The third kappa shape index (κ3) is 1.33. The Morgan fingerprint density at radius 1 is 1.31 bits per heavy atom. The summed E-state index contributed by atoms with van der Waals surface area (Å²) in [7, 11) is 1.72. The quantitative estimate of drug-likeness (QED) is 0.709. The van der Waals surface area contributed by atoms with Crippen LogP contribution in [0.25, 0.3) is 10.9 Å². The van der Waals surface area contributed by atoms with E-state index < -0.39 is 0 Å². The highest BCUT2D eigenvalue weighted by atomic mass is 16.5. The molecule has 16 heavy (non-hydrogen) atoms. The molecule has 0 saturated heterocycles. The Bertz CT molecular complexity index is 527. The van der Waals surface area contributed by atoms with Gasteiger partial charge in [0.25, 0.3) is 0 Å². The van der Waals surface area contributed by atoms with Crippen LogP contribution >= 0.6 is 0 Å². The zero-order valence-corrected chi connectivity index (χ0v) is 9.86. The van der Waals surface area contributed by atoms with Crippen LogP contribution in [0.4, 0.5) is 0 Å². The molecule has 0 aliphatic carbocycles. The van der Waals surface area contributed by atoms with Gasteiger partial charge in [0.1, 0.15) is 5.75 Å². The average molecular weight is 215 g/mol. The zero-order valence-electron chi connectivity index (χ0n) is 9.86. The van der Waals surface area contributed by atoms with Gasteiger partial charge in [-0.1, -0.05) is 6.92 Å². The first-order valence-electron chi connectivity index (χ1n) is 5.97. The Balaban J connectivity index is 2.23. The number of aromatic nitrogens is 1. The van der Waals surface area contributed by atoms with Gasteiger partial charge >= 0.3 is 0 Å². The van der Waals surface area contributed by atoms with Gasteiger partial charge in [0.05, 0.1) is 7.11 Å². The lowest BCUT2D eigenvalue weighted by Gasteiger charge is -2.21. The van der Waals surface area contributed by atoms with Gasteiger partial charge < -0.3 is 9.30 Å². The summed E-state index contributed by atoms with van der Waals surface area (Å²) in [5, 5.41) is 1.31. The van der Waals surface area contributed by atoms with Crippen LogP contribution in [-0.4, -0.2) is 11.7 Å². The van der Waals surface area contributed by atoms with Crippen LogP contribution in [0.5, 0.6) is 5.75 Å². The number of ether oxygens (including phenoxy) is 1. The second-order valence-corrected chi connectivity index (χ2v) is 4.69.